The van der Waals surface area contributed by atoms with Crippen LogP contribution in [0.2, 0.25) is 0 Å². The van der Waals surface area contributed by atoms with Crippen LogP contribution in [-0.2, 0) is 11.3 Å². The lowest BCUT2D eigenvalue weighted by atomic mass is 10.2. The van der Waals surface area contributed by atoms with Crippen molar-refractivity contribution in [2.45, 2.75) is 6.54 Å². The quantitative estimate of drug-likeness (QED) is 0.554. The SMILES string of the molecule is CN(C)c1ccc(/C=C2/SC(=Nc3ccccc3)N(Cc3ccncc3)C2=O)cc1. The minimum atomic E-state index is -0.0387. The highest BCUT2D eigenvalue weighted by atomic mass is 32.2. The van der Waals surface area contributed by atoms with Crippen LogP contribution in [0.1, 0.15) is 11.1 Å². The fourth-order valence-corrected chi connectivity index (χ4v) is 4.03. The number of hydrogen-bond donors (Lipinski definition) is 0. The summed E-state index contributed by atoms with van der Waals surface area (Å²) in [5.74, 6) is -0.0387. The maximum atomic E-state index is 13.2. The highest BCUT2D eigenvalue weighted by Crippen LogP contribution is 2.35. The average Bonchev–Trinajstić information content (AvgIpc) is 3.04. The molecule has 0 atom stereocenters. The van der Waals surface area contributed by atoms with Gasteiger partial charge in [0.15, 0.2) is 5.17 Å². The van der Waals surface area contributed by atoms with Crippen molar-refractivity contribution in [1.29, 1.82) is 0 Å². The number of hydrogen-bond acceptors (Lipinski definition) is 5. The lowest BCUT2D eigenvalue weighted by Crippen LogP contribution is -2.28. The van der Waals surface area contributed by atoms with Gasteiger partial charge >= 0.3 is 0 Å². The third-order valence-electron chi connectivity index (χ3n) is 4.67. The molecule has 150 valence electrons. The Labute approximate surface area is 180 Å². The number of amides is 1. The molecule has 6 heteroatoms. The summed E-state index contributed by atoms with van der Waals surface area (Å²) in [4.78, 5) is 26.5. The number of carbonyl (C=O) groups is 1. The van der Waals surface area contributed by atoms with Crippen LogP contribution < -0.4 is 4.90 Å². The van der Waals surface area contributed by atoms with Crippen molar-refractivity contribution in [1.82, 2.24) is 9.88 Å². The van der Waals surface area contributed by atoms with Gasteiger partial charge in [-0.3, -0.25) is 14.7 Å². The summed E-state index contributed by atoms with van der Waals surface area (Å²) in [6, 6.07) is 21.7. The molecule has 1 saturated heterocycles. The van der Waals surface area contributed by atoms with Crippen molar-refractivity contribution < 1.29 is 4.79 Å². The van der Waals surface area contributed by atoms with E-state index in [1.807, 2.05) is 91.8 Å². The Morgan fingerprint density at radius 2 is 1.70 bits per heavy atom. The molecule has 0 aliphatic carbocycles. The van der Waals surface area contributed by atoms with Crippen molar-refractivity contribution in [3.8, 4) is 0 Å². The van der Waals surface area contributed by atoms with Crippen LogP contribution in [0.25, 0.3) is 6.08 Å². The minimum absolute atomic E-state index is 0.0387. The second-order valence-electron chi connectivity index (χ2n) is 7.07. The Balaban J connectivity index is 1.66. The summed E-state index contributed by atoms with van der Waals surface area (Å²) in [6.45, 7) is 0.455. The lowest BCUT2D eigenvalue weighted by Gasteiger charge is -2.15. The maximum absolute atomic E-state index is 13.2. The minimum Gasteiger partial charge on any atom is -0.378 e. The third-order valence-corrected chi connectivity index (χ3v) is 5.67. The first-order valence-electron chi connectivity index (χ1n) is 9.61. The molecule has 0 radical (unpaired) electrons. The number of thioether (sulfide) groups is 1. The summed E-state index contributed by atoms with van der Waals surface area (Å²) in [7, 11) is 4.01. The predicted molar refractivity (Wildman–Crippen MR) is 125 cm³/mol. The molecule has 0 saturated carbocycles. The topological polar surface area (TPSA) is 48.8 Å². The van der Waals surface area contributed by atoms with Crippen LogP contribution in [0.3, 0.4) is 0 Å². The zero-order valence-corrected chi connectivity index (χ0v) is 17.7. The Morgan fingerprint density at radius 1 is 1.00 bits per heavy atom. The predicted octanol–water partition coefficient (Wildman–Crippen LogP) is 4.95. The van der Waals surface area contributed by atoms with Crippen LogP contribution in [0.5, 0.6) is 0 Å². The summed E-state index contributed by atoms with van der Waals surface area (Å²) < 4.78 is 0. The van der Waals surface area contributed by atoms with E-state index in [2.05, 4.69) is 4.98 Å². The molecule has 0 spiro atoms. The molecular formula is C24H22N4OS. The van der Waals surface area contributed by atoms with E-state index >= 15 is 0 Å². The van der Waals surface area contributed by atoms with Gasteiger partial charge in [-0.1, -0.05) is 30.3 Å². The van der Waals surface area contributed by atoms with E-state index in [1.165, 1.54) is 11.8 Å². The average molecular weight is 415 g/mol. The van der Waals surface area contributed by atoms with Crippen LogP contribution in [0, 0.1) is 0 Å². The second kappa shape index (κ2) is 8.97. The van der Waals surface area contributed by atoms with E-state index in [9.17, 15) is 4.79 Å². The van der Waals surface area contributed by atoms with Gasteiger partial charge in [-0.2, -0.15) is 0 Å². The number of benzene rings is 2. The molecule has 2 aromatic carbocycles. The van der Waals surface area contributed by atoms with Gasteiger partial charge in [0.25, 0.3) is 5.91 Å². The molecule has 30 heavy (non-hydrogen) atoms. The third kappa shape index (κ3) is 4.60. The molecule has 1 aliphatic heterocycles. The van der Waals surface area contributed by atoms with Gasteiger partial charge in [0.05, 0.1) is 17.1 Å². The maximum Gasteiger partial charge on any atom is 0.267 e. The van der Waals surface area contributed by atoms with Crippen LogP contribution in [-0.4, -0.2) is 35.1 Å². The Bertz CT molecular complexity index is 1080. The van der Waals surface area contributed by atoms with Crippen molar-refractivity contribution in [3.05, 3.63) is 95.2 Å². The number of rotatable bonds is 5. The van der Waals surface area contributed by atoms with Gasteiger partial charge in [0.2, 0.25) is 0 Å². The van der Waals surface area contributed by atoms with Gasteiger partial charge < -0.3 is 4.90 Å². The van der Waals surface area contributed by atoms with Gasteiger partial charge in [0, 0.05) is 32.2 Å². The summed E-state index contributed by atoms with van der Waals surface area (Å²) >= 11 is 1.41. The molecule has 1 amide bonds. The van der Waals surface area contributed by atoms with Crippen molar-refractivity contribution in [2.24, 2.45) is 4.99 Å². The summed E-state index contributed by atoms with van der Waals surface area (Å²) in [6.07, 6.45) is 5.40. The summed E-state index contributed by atoms with van der Waals surface area (Å²) in [5.41, 5.74) is 3.94. The van der Waals surface area contributed by atoms with E-state index in [0.29, 0.717) is 16.6 Å². The fraction of sp³-hybridized carbons (Fsp3) is 0.125. The second-order valence-corrected chi connectivity index (χ2v) is 8.08. The van der Waals surface area contributed by atoms with E-state index in [0.717, 1.165) is 22.5 Å². The van der Waals surface area contributed by atoms with Gasteiger partial charge in [-0.25, -0.2) is 4.99 Å². The van der Waals surface area contributed by atoms with Crippen molar-refractivity contribution in [3.63, 3.8) is 0 Å². The zero-order valence-electron chi connectivity index (χ0n) is 16.9. The smallest absolute Gasteiger partial charge is 0.267 e. The van der Waals surface area contributed by atoms with Crippen LogP contribution >= 0.6 is 11.8 Å². The van der Waals surface area contributed by atoms with Crippen molar-refractivity contribution in [2.75, 3.05) is 19.0 Å². The first-order chi connectivity index (χ1) is 14.6. The number of amidine groups is 1. The number of aliphatic imine (C=N–C) groups is 1. The van der Waals surface area contributed by atoms with E-state index in [1.54, 1.807) is 17.3 Å². The van der Waals surface area contributed by atoms with Gasteiger partial charge in [0.1, 0.15) is 0 Å². The molecule has 0 bridgehead atoms. The Morgan fingerprint density at radius 3 is 2.37 bits per heavy atom. The van der Waals surface area contributed by atoms with E-state index < -0.39 is 0 Å². The van der Waals surface area contributed by atoms with Crippen LogP contribution in [0.15, 0.2) is 89.0 Å². The molecular weight excluding hydrogens is 392 g/mol. The monoisotopic (exact) mass is 414 g/mol. The van der Waals surface area contributed by atoms with Gasteiger partial charge in [-0.15, -0.1) is 0 Å². The molecule has 1 aliphatic rings. The fourth-order valence-electron chi connectivity index (χ4n) is 3.03. The first-order valence-corrected chi connectivity index (χ1v) is 10.4. The first kappa shape index (κ1) is 19.9. The van der Waals surface area contributed by atoms with E-state index in [-0.39, 0.29) is 5.91 Å². The number of aromatic nitrogens is 1. The summed E-state index contributed by atoms with van der Waals surface area (Å²) in [5, 5.41) is 0.680. The zero-order chi connectivity index (χ0) is 20.9. The molecule has 2 heterocycles. The highest BCUT2D eigenvalue weighted by Gasteiger charge is 2.33. The molecule has 0 N–H and O–H groups in total. The molecule has 3 aromatic rings. The molecule has 1 fully saturated rings. The Kier molecular flexibility index (Phi) is 5.95. The Hall–Kier alpha value is -3.38. The number of nitrogens with zero attached hydrogens (tertiary/aromatic N) is 4. The molecule has 0 unspecified atom stereocenters. The highest BCUT2D eigenvalue weighted by molar-refractivity contribution is 8.18. The molecule has 4 rings (SSSR count). The largest absolute Gasteiger partial charge is 0.378 e. The number of anilines is 1. The number of para-hydroxylation sites is 1. The molecule has 1 aromatic heterocycles. The number of carbonyl (C=O) groups excluding carboxylic acids is 1. The number of pyridine rings is 1. The molecule has 5 nitrogen and oxygen atoms in total. The lowest BCUT2D eigenvalue weighted by molar-refractivity contribution is -0.122. The van der Waals surface area contributed by atoms with E-state index in [4.69, 9.17) is 4.99 Å². The standard InChI is InChI=1S/C24H22N4OS/c1-27(2)21-10-8-18(9-11-21)16-22-23(29)28(17-19-12-14-25-15-13-19)24(30-22)26-20-6-4-3-5-7-20/h3-16H,17H2,1-2H3/b22-16+,26-24?. The van der Waals surface area contributed by atoms with Gasteiger partial charge in [-0.05, 0) is 65.4 Å². The van der Waals surface area contributed by atoms with Crippen molar-refractivity contribution >= 4 is 40.3 Å². The normalized spacial score (nSPS) is 16.5. The van der Waals surface area contributed by atoms with Crippen LogP contribution in [0.4, 0.5) is 11.4 Å².